The molecule has 0 N–H and O–H groups in total. The van der Waals surface area contributed by atoms with Gasteiger partial charge in [-0.3, -0.25) is 14.4 Å². The minimum atomic E-state index is -1.60. The van der Waals surface area contributed by atoms with Gasteiger partial charge in [-0.15, -0.1) is 0 Å². The van der Waals surface area contributed by atoms with Gasteiger partial charge in [0.2, 0.25) is 0 Å². The second-order valence-corrected chi connectivity index (χ2v) is 10.9. The Kier molecular flexibility index (Phi) is 5.58. The Morgan fingerprint density at radius 1 is 0.878 bits per heavy atom. The molecule has 41 heavy (non-hydrogen) atoms. The molecule has 1 spiro atoms. The number of fused-ring (bicyclic) bond motifs is 5. The van der Waals surface area contributed by atoms with Crippen molar-refractivity contribution < 1.29 is 23.5 Å². The average Bonchev–Trinajstić information content (AvgIpc) is 3.43. The van der Waals surface area contributed by atoms with Crippen molar-refractivity contribution in [3.8, 4) is 5.75 Å². The lowest BCUT2D eigenvalue weighted by atomic mass is 9.64. The Morgan fingerprint density at radius 3 is 2.27 bits per heavy atom. The van der Waals surface area contributed by atoms with E-state index in [1.165, 1.54) is 19.2 Å². The number of anilines is 1. The highest BCUT2D eigenvalue weighted by Crippen LogP contribution is 2.61. The third-order valence-electron chi connectivity index (χ3n) is 8.83. The molecule has 5 nitrogen and oxygen atoms in total. The first kappa shape index (κ1) is 25.1. The fourth-order valence-electron chi connectivity index (χ4n) is 7.04. The van der Waals surface area contributed by atoms with Crippen molar-refractivity contribution in [3.05, 3.63) is 136 Å². The van der Waals surface area contributed by atoms with Gasteiger partial charge in [-0.1, -0.05) is 78.4 Å². The van der Waals surface area contributed by atoms with Gasteiger partial charge in [0.15, 0.2) is 17.3 Å². The quantitative estimate of drug-likeness (QED) is 0.218. The zero-order valence-corrected chi connectivity index (χ0v) is 22.5. The van der Waals surface area contributed by atoms with E-state index in [0.717, 1.165) is 11.1 Å². The molecule has 0 bridgehead atoms. The highest BCUT2D eigenvalue weighted by molar-refractivity contribution is 6.32. The predicted molar refractivity (Wildman–Crippen MR) is 154 cm³/mol. The average molecular weight is 544 g/mol. The van der Waals surface area contributed by atoms with E-state index in [-0.39, 0.29) is 17.3 Å². The smallest absolute Gasteiger partial charge is 0.186 e. The Morgan fingerprint density at radius 2 is 1.59 bits per heavy atom. The number of aryl methyl sites for hydroxylation is 1. The molecule has 3 atom stereocenters. The number of hydrogen-bond donors (Lipinski definition) is 0. The van der Waals surface area contributed by atoms with Gasteiger partial charge in [-0.25, -0.2) is 4.39 Å². The number of benzene rings is 4. The van der Waals surface area contributed by atoms with Crippen molar-refractivity contribution in [1.82, 2.24) is 0 Å². The van der Waals surface area contributed by atoms with E-state index < -0.39 is 29.2 Å². The summed E-state index contributed by atoms with van der Waals surface area (Å²) in [5.41, 5.74) is 2.45. The van der Waals surface area contributed by atoms with Crippen LogP contribution in [0.25, 0.3) is 6.08 Å². The Labute approximate surface area is 236 Å². The highest BCUT2D eigenvalue weighted by atomic mass is 19.1. The predicted octanol–water partition coefficient (Wildman–Crippen LogP) is 6.46. The Bertz CT molecular complexity index is 1760. The van der Waals surface area contributed by atoms with Crippen LogP contribution >= 0.6 is 0 Å². The summed E-state index contributed by atoms with van der Waals surface area (Å²) in [6.45, 7) is 1.96. The number of Topliss-reactive ketones (excluding diaryl/α,β-unsaturated/α-hetero) is 3. The van der Waals surface area contributed by atoms with Crippen molar-refractivity contribution in [2.45, 2.75) is 24.9 Å². The van der Waals surface area contributed by atoms with E-state index >= 15 is 0 Å². The first-order valence-electron chi connectivity index (χ1n) is 13.6. The molecule has 0 saturated carbocycles. The molecule has 7 rings (SSSR count). The molecule has 0 amide bonds. The third kappa shape index (κ3) is 3.43. The van der Waals surface area contributed by atoms with Gasteiger partial charge >= 0.3 is 0 Å². The van der Waals surface area contributed by atoms with Gasteiger partial charge < -0.3 is 9.64 Å². The minimum absolute atomic E-state index is 0.251. The number of carbonyl (C=O) groups is 3. The number of halogens is 1. The van der Waals surface area contributed by atoms with E-state index in [2.05, 4.69) is 0 Å². The standard InChI is InChI=1S/C35H26FNO4/c1-20-10-12-21(13-11-20)30-31(32(38)23-6-5-7-25(19-23)41-2)37-28-16-15-24(36)18-22(28)14-17-29(37)35(30)33(39)26-8-3-4-9-27(26)34(35)40/h3-19,29-31H,1-2H3/t29-,30-,31+/m0/s1. The second-order valence-electron chi connectivity index (χ2n) is 10.9. The van der Waals surface area contributed by atoms with Crippen LogP contribution in [0.4, 0.5) is 10.1 Å². The van der Waals surface area contributed by atoms with E-state index in [0.29, 0.717) is 33.7 Å². The topological polar surface area (TPSA) is 63.7 Å². The molecule has 1 aliphatic carbocycles. The van der Waals surface area contributed by atoms with E-state index in [9.17, 15) is 18.8 Å². The van der Waals surface area contributed by atoms with Crippen molar-refractivity contribution in [2.75, 3.05) is 12.0 Å². The fraction of sp³-hybridized carbons (Fsp3) is 0.171. The van der Waals surface area contributed by atoms with Crippen LogP contribution in [0, 0.1) is 18.2 Å². The maximum absolute atomic E-state index is 14.7. The SMILES string of the molecule is COc1cccc(C(=O)[C@H]2[C@H](c3ccc(C)cc3)C3(C(=O)c4ccccc4C3=O)[C@@H]3C=Cc4cc(F)ccc4N32)c1. The van der Waals surface area contributed by atoms with Crippen molar-refractivity contribution in [1.29, 1.82) is 0 Å². The zero-order valence-electron chi connectivity index (χ0n) is 22.5. The number of hydrogen-bond acceptors (Lipinski definition) is 5. The summed E-state index contributed by atoms with van der Waals surface area (Å²) in [7, 11) is 1.53. The van der Waals surface area contributed by atoms with Crippen LogP contribution < -0.4 is 9.64 Å². The molecule has 2 heterocycles. The lowest BCUT2D eigenvalue weighted by Gasteiger charge is -2.37. The molecule has 0 aromatic heterocycles. The molecule has 1 fully saturated rings. The Balaban J connectivity index is 1.54. The maximum atomic E-state index is 14.7. The van der Waals surface area contributed by atoms with Crippen LogP contribution in [-0.4, -0.2) is 36.5 Å². The van der Waals surface area contributed by atoms with Crippen LogP contribution in [0.5, 0.6) is 5.75 Å². The van der Waals surface area contributed by atoms with Crippen LogP contribution in [0.3, 0.4) is 0 Å². The monoisotopic (exact) mass is 543 g/mol. The van der Waals surface area contributed by atoms with Crippen molar-refractivity contribution in [2.24, 2.45) is 5.41 Å². The maximum Gasteiger partial charge on any atom is 0.186 e. The number of nitrogens with zero attached hydrogens (tertiary/aromatic N) is 1. The van der Waals surface area contributed by atoms with E-state index in [4.69, 9.17) is 4.74 Å². The van der Waals surface area contributed by atoms with Crippen molar-refractivity contribution in [3.63, 3.8) is 0 Å². The molecule has 3 aliphatic rings. The Hall–Kier alpha value is -4.84. The van der Waals surface area contributed by atoms with Gasteiger partial charge in [0.25, 0.3) is 0 Å². The van der Waals surface area contributed by atoms with Gasteiger partial charge in [0, 0.05) is 33.9 Å². The molecule has 0 unspecified atom stereocenters. The number of methoxy groups -OCH3 is 1. The number of ether oxygens (including phenoxy) is 1. The van der Waals surface area contributed by atoms with Gasteiger partial charge in [0.1, 0.15) is 23.0 Å². The molecule has 202 valence electrons. The summed E-state index contributed by atoms with van der Waals surface area (Å²) in [4.78, 5) is 45.9. The molecule has 0 radical (unpaired) electrons. The highest BCUT2D eigenvalue weighted by Gasteiger charge is 2.71. The number of rotatable bonds is 4. The van der Waals surface area contributed by atoms with E-state index in [1.807, 2.05) is 36.1 Å². The number of carbonyl (C=O) groups excluding carboxylic acids is 3. The lowest BCUT2D eigenvalue weighted by molar-refractivity contribution is 0.0666. The molecule has 1 saturated heterocycles. The second kappa shape index (κ2) is 9.10. The number of ketones is 3. The summed E-state index contributed by atoms with van der Waals surface area (Å²) in [5, 5.41) is 0. The first-order chi connectivity index (χ1) is 19.9. The summed E-state index contributed by atoms with van der Waals surface area (Å²) >= 11 is 0. The summed E-state index contributed by atoms with van der Waals surface area (Å²) in [6, 6.07) is 24.2. The lowest BCUT2D eigenvalue weighted by Crippen LogP contribution is -2.48. The molecule has 4 aromatic rings. The molecule has 4 aromatic carbocycles. The third-order valence-corrected chi connectivity index (χ3v) is 8.83. The summed E-state index contributed by atoms with van der Waals surface area (Å²) < 4.78 is 19.8. The van der Waals surface area contributed by atoms with Crippen LogP contribution in [-0.2, 0) is 0 Å². The first-order valence-corrected chi connectivity index (χ1v) is 13.6. The van der Waals surface area contributed by atoms with Crippen molar-refractivity contribution >= 4 is 29.1 Å². The van der Waals surface area contributed by atoms with Crippen LogP contribution in [0.2, 0.25) is 0 Å². The minimum Gasteiger partial charge on any atom is -0.497 e. The van der Waals surface area contributed by atoms with Gasteiger partial charge in [-0.05, 0) is 42.8 Å². The molecule has 2 aliphatic heterocycles. The van der Waals surface area contributed by atoms with Crippen LogP contribution in [0.1, 0.15) is 53.7 Å². The summed E-state index contributed by atoms with van der Waals surface area (Å²) in [6.07, 6.45) is 3.55. The molecular weight excluding hydrogens is 517 g/mol. The van der Waals surface area contributed by atoms with E-state index in [1.54, 1.807) is 66.7 Å². The largest absolute Gasteiger partial charge is 0.497 e. The zero-order chi connectivity index (χ0) is 28.5. The van der Waals surface area contributed by atoms with Gasteiger partial charge in [-0.2, -0.15) is 0 Å². The normalized spacial score (nSPS) is 21.5. The molecular formula is C35H26FNO4. The van der Waals surface area contributed by atoms with Gasteiger partial charge in [0.05, 0.1) is 13.2 Å². The fourth-order valence-corrected chi connectivity index (χ4v) is 7.04. The summed E-state index contributed by atoms with van der Waals surface area (Å²) in [5.74, 6) is -1.55. The van der Waals surface area contributed by atoms with Crippen LogP contribution in [0.15, 0.2) is 97.1 Å². The molecule has 6 heteroatoms.